The lowest BCUT2D eigenvalue weighted by Crippen LogP contribution is -2.44. The van der Waals surface area contributed by atoms with E-state index in [0.29, 0.717) is 18.9 Å². The van der Waals surface area contributed by atoms with Crippen LogP contribution in [0.4, 0.5) is 0 Å². The molecule has 0 spiro atoms. The predicted octanol–water partition coefficient (Wildman–Crippen LogP) is -0.752. The zero-order valence-electron chi connectivity index (χ0n) is 5.91. The van der Waals surface area contributed by atoms with Gasteiger partial charge in [0, 0.05) is 12.3 Å². The number of fused-ring (bicyclic) bond motifs is 1. The molecule has 0 aromatic heterocycles. The van der Waals surface area contributed by atoms with Crippen molar-refractivity contribution in [2.75, 3.05) is 6.54 Å². The standard InChI is InChI=1S/C7H9NO3/c9-4-1-3-2-8-6(5(3)4)7(10)11/h3,5-6,8H,1-2H2,(H,10,11)/t3-,5+,6+/m0/s1. The first-order chi connectivity index (χ1) is 5.20. The lowest BCUT2D eigenvalue weighted by atomic mass is 9.72. The first-order valence-corrected chi connectivity index (χ1v) is 3.69. The monoisotopic (exact) mass is 155 g/mol. The highest BCUT2D eigenvalue weighted by Crippen LogP contribution is 2.37. The van der Waals surface area contributed by atoms with Gasteiger partial charge in [-0.2, -0.15) is 0 Å². The number of Topliss-reactive ketones (excluding diaryl/α,β-unsaturated/α-hetero) is 1. The fourth-order valence-corrected chi connectivity index (χ4v) is 1.93. The van der Waals surface area contributed by atoms with E-state index in [4.69, 9.17) is 5.11 Å². The zero-order valence-corrected chi connectivity index (χ0v) is 5.91. The first kappa shape index (κ1) is 6.79. The summed E-state index contributed by atoms with van der Waals surface area (Å²) in [5, 5.41) is 11.5. The summed E-state index contributed by atoms with van der Waals surface area (Å²) in [4.78, 5) is 21.4. The fourth-order valence-electron chi connectivity index (χ4n) is 1.93. The van der Waals surface area contributed by atoms with Crippen LogP contribution in [0.5, 0.6) is 0 Å². The van der Waals surface area contributed by atoms with Crippen LogP contribution in [0.2, 0.25) is 0 Å². The van der Waals surface area contributed by atoms with Gasteiger partial charge in [0.1, 0.15) is 11.8 Å². The molecule has 4 heteroatoms. The molecule has 0 aromatic rings. The molecule has 0 aromatic carbocycles. The number of carboxylic acids is 1. The Labute approximate surface area is 63.6 Å². The lowest BCUT2D eigenvalue weighted by molar-refractivity contribution is -0.146. The Hall–Kier alpha value is -0.900. The van der Waals surface area contributed by atoms with E-state index in [9.17, 15) is 9.59 Å². The van der Waals surface area contributed by atoms with E-state index < -0.39 is 12.0 Å². The summed E-state index contributed by atoms with van der Waals surface area (Å²) in [6, 6.07) is -0.610. The van der Waals surface area contributed by atoms with Crippen molar-refractivity contribution in [1.29, 1.82) is 0 Å². The molecule has 2 fully saturated rings. The molecule has 1 aliphatic carbocycles. The van der Waals surface area contributed by atoms with Gasteiger partial charge in [0.15, 0.2) is 0 Å². The molecular weight excluding hydrogens is 146 g/mol. The molecule has 0 amide bonds. The van der Waals surface area contributed by atoms with E-state index in [1.165, 1.54) is 0 Å². The Balaban J connectivity index is 2.14. The van der Waals surface area contributed by atoms with Gasteiger partial charge in [0.05, 0.1) is 0 Å². The van der Waals surface area contributed by atoms with Crippen molar-refractivity contribution in [2.45, 2.75) is 12.5 Å². The summed E-state index contributed by atoms with van der Waals surface area (Å²) in [6.45, 7) is 0.688. The van der Waals surface area contributed by atoms with Crippen LogP contribution in [0.15, 0.2) is 0 Å². The summed E-state index contributed by atoms with van der Waals surface area (Å²) in [6.07, 6.45) is 0.571. The molecular formula is C7H9NO3. The topological polar surface area (TPSA) is 66.4 Å². The Bertz CT molecular complexity index is 218. The van der Waals surface area contributed by atoms with Gasteiger partial charge in [-0.3, -0.25) is 9.59 Å². The second-order valence-corrected chi connectivity index (χ2v) is 3.18. The molecule has 0 bridgehead atoms. The summed E-state index contributed by atoms with van der Waals surface area (Å²) >= 11 is 0. The quantitative estimate of drug-likeness (QED) is 0.522. The Morgan fingerprint density at radius 3 is 2.82 bits per heavy atom. The van der Waals surface area contributed by atoms with Gasteiger partial charge >= 0.3 is 5.97 Å². The molecule has 0 unspecified atom stereocenters. The smallest absolute Gasteiger partial charge is 0.321 e. The van der Waals surface area contributed by atoms with Gasteiger partial charge < -0.3 is 10.4 Å². The molecule has 11 heavy (non-hydrogen) atoms. The Kier molecular flexibility index (Phi) is 1.26. The molecule has 2 aliphatic rings. The van der Waals surface area contributed by atoms with Gasteiger partial charge in [-0.1, -0.05) is 0 Å². The average Bonchev–Trinajstić information content (AvgIpc) is 2.25. The minimum Gasteiger partial charge on any atom is -0.480 e. The maximum Gasteiger partial charge on any atom is 0.321 e. The Morgan fingerprint density at radius 1 is 1.64 bits per heavy atom. The Morgan fingerprint density at radius 2 is 2.36 bits per heavy atom. The number of rotatable bonds is 1. The molecule has 3 atom stereocenters. The van der Waals surface area contributed by atoms with Crippen molar-refractivity contribution in [3.63, 3.8) is 0 Å². The molecule has 4 nitrogen and oxygen atoms in total. The van der Waals surface area contributed by atoms with Crippen LogP contribution in [0.3, 0.4) is 0 Å². The second-order valence-electron chi connectivity index (χ2n) is 3.18. The number of aliphatic carboxylic acids is 1. The van der Waals surface area contributed by atoms with Crippen LogP contribution in [0.25, 0.3) is 0 Å². The van der Waals surface area contributed by atoms with E-state index in [-0.39, 0.29) is 11.7 Å². The number of carboxylic acid groups (broad SMARTS) is 1. The lowest BCUT2D eigenvalue weighted by Gasteiger charge is -2.29. The van der Waals surface area contributed by atoms with Gasteiger partial charge in [0.2, 0.25) is 0 Å². The van der Waals surface area contributed by atoms with Crippen molar-refractivity contribution in [3.8, 4) is 0 Å². The van der Waals surface area contributed by atoms with E-state index in [2.05, 4.69) is 5.32 Å². The van der Waals surface area contributed by atoms with E-state index in [0.717, 1.165) is 0 Å². The number of hydrogen-bond acceptors (Lipinski definition) is 3. The van der Waals surface area contributed by atoms with Crippen LogP contribution in [-0.2, 0) is 9.59 Å². The number of carbonyl (C=O) groups is 2. The fraction of sp³-hybridized carbons (Fsp3) is 0.714. The predicted molar refractivity (Wildman–Crippen MR) is 36.0 cm³/mol. The maximum atomic E-state index is 10.9. The van der Waals surface area contributed by atoms with Crippen molar-refractivity contribution < 1.29 is 14.7 Å². The van der Waals surface area contributed by atoms with Crippen molar-refractivity contribution >= 4 is 11.8 Å². The minimum absolute atomic E-state index is 0.104. The third kappa shape index (κ3) is 0.790. The molecule has 1 saturated heterocycles. The molecule has 1 saturated carbocycles. The van der Waals surface area contributed by atoms with Crippen LogP contribution in [0.1, 0.15) is 6.42 Å². The number of hydrogen-bond donors (Lipinski definition) is 2. The third-order valence-electron chi connectivity index (χ3n) is 2.57. The minimum atomic E-state index is -0.898. The van der Waals surface area contributed by atoms with Crippen LogP contribution in [0, 0.1) is 11.8 Å². The highest BCUT2D eigenvalue weighted by molar-refractivity contribution is 5.94. The molecule has 1 heterocycles. The van der Waals surface area contributed by atoms with Crippen molar-refractivity contribution in [3.05, 3.63) is 0 Å². The summed E-state index contributed by atoms with van der Waals surface area (Å²) in [5.74, 6) is -0.728. The molecule has 0 radical (unpaired) electrons. The number of nitrogens with one attached hydrogen (secondary N) is 1. The van der Waals surface area contributed by atoms with E-state index >= 15 is 0 Å². The van der Waals surface area contributed by atoms with E-state index in [1.807, 2.05) is 0 Å². The van der Waals surface area contributed by atoms with Crippen molar-refractivity contribution in [1.82, 2.24) is 5.32 Å². The average molecular weight is 155 g/mol. The summed E-state index contributed by atoms with van der Waals surface area (Å²) < 4.78 is 0. The molecule has 2 N–H and O–H groups in total. The third-order valence-corrected chi connectivity index (χ3v) is 2.57. The van der Waals surface area contributed by atoms with Crippen LogP contribution >= 0.6 is 0 Å². The normalized spacial score (nSPS) is 41.5. The van der Waals surface area contributed by atoms with Gasteiger partial charge in [-0.25, -0.2) is 0 Å². The van der Waals surface area contributed by atoms with Crippen molar-refractivity contribution in [2.24, 2.45) is 11.8 Å². The van der Waals surface area contributed by atoms with Crippen LogP contribution in [-0.4, -0.2) is 29.4 Å². The SMILES string of the molecule is O=C1C[C@H]2CN[C@@H](C(=O)O)[C@@H]12. The highest BCUT2D eigenvalue weighted by atomic mass is 16.4. The highest BCUT2D eigenvalue weighted by Gasteiger charge is 2.51. The largest absolute Gasteiger partial charge is 0.480 e. The van der Waals surface area contributed by atoms with Crippen LogP contribution < -0.4 is 5.32 Å². The number of carbonyl (C=O) groups excluding carboxylic acids is 1. The molecule has 2 rings (SSSR count). The second kappa shape index (κ2) is 2.04. The van der Waals surface area contributed by atoms with Gasteiger partial charge in [-0.15, -0.1) is 0 Å². The summed E-state index contributed by atoms with van der Waals surface area (Å²) in [7, 11) is 0. The zero-order chi connectivity index (χ0) is 8.01. The molecule has 1 aliphatic heterocycles. The first-order valence-electron chi connectivity index (χ1n) is 3.69. The maximum absolute atomic E-state index is 10.9. The van der Waals surface area contributed by atoms with Gasteiger partial charge in [-0.05, 0) is 12.5 Å². The number of ketones is 1. The van der Waals surface area contributed by atoms with E-state index in [1.54, 1.807) is 0 Å². The summed E-state index contributed by atoms with van der Waals surface area (Å²) in [5.41, 5.74) is 0. The van der Waals surface area contributed by atoms with Gasteiger partial charge in [0.25, 0.3) is 0 Å². The molecule has 60 valence electrons.